The van der Waals surface area contributed by atoms with Gasteiger partial charge in [-0.05, 0) is 44.2 Å². The van der Waals surface area contributed by atoms with E-state index in [-0.39, 0.29) is 11.8 Å². The van der Waals surface area contributed by atoms with Crippen molar-refractivity contribution in [2.75, 3.05) is 31.6 Å². The van der Waals surface area contributed by atoms with E-state index in [0.29, 0.717) is 43.2 Å². The molecule has 0 spiro atoms. The Morgan fingerprint density at radius 3 is 2.42 bits per heavy atom. The summed E-state index contributed by atoms with van der Waals surface area (Å²) >= 11 is 0. The van der Waals surface area contributed by atoms with Crippen LogP contribution in [0, 0.1) is 5.41 Å². The first-order valence-electron chi connectivity index (χ1n) is 8.70. The molecule has 4 rings (SSSR count). The van der Waals surface area contributed by atoms with Gasteiger partial charge in [0.2, 0.25) is 11.8 Å². The van der Waals surface area contributed by atoms with E-state index in [4.69, 9.17) is 9.47 Å². The summed E-state index contributed by atoms with van der Waals surface area (Å²) in [6.45, 7) is 2.59. The highest BCUT2D eigenvalue weighted by Gasteiger charge is 2.58. The zero-order chi connectivity index (χ0) is 16.6. The average Bonchev–Trinajstić information content (AvgIpc) is 3.44. The Morgan fingerprint density at radius 1 is 1.00 bits per heavy atom. The molecule has 1 aromatic rings. The number of amides is 2. The normalized spacial score (nSPS) is 21.1. The summed E-state index contributed by atoms with van der Waals surface area (Å²) in [5.41, 5.74) is -0.216. The standard InChI is InChI=1S/C18H22N2O4/c21-16(18(6-7-18)17(22)20-8-2-1-3-9-20)19-13-4-5-14-15(12-13)24-11-10-23-14/h4-5,12H,1-3,6-11H2,(H,19,21). The number of hydrogen-bond donors (Lipinski definition) is 1. The van der Waals surface area contributed by atoms with Crippen molar-refractivity contribution in [3.63, 3.8) is 0 Å². The number of hydrogen-bond acceptors (Lipinski definition) is 4. The van der Waals surface area contributed by atoms with E-state index < -0.39 is 5.41 Å². The Hall–Kier alpha value is -2.24. The summed E-state index contributed by atoms with van der Waals surface area (Å²) in [4.78, 5) is 27.3. The lowest BCUT2D eigenvalue weighted by atomic mass is 10.0. The van der Waals surface area contributed by atoms with Crippen LogP contribution in [-0.4, -0.2) is 43.0 Å². The van der Waals surface area contributed by atoms with Crippen molar-refractivity contribution in [3.8, 4) is 11.5 Å². The molecule has 2 amide bonds. The van der Waals surface area contributed by atoms with Crippen molar-refractivity contribution >= 4 is 17.5 Å². The zero-order valence-electron chi connectivity index (χ0n) is 13.7. The summed E-state index contributed by atoms with van der Waals surface area (Å²) in [6, 6.07) is 5.33. The number of ether oxygens (including phenoxy) is 2. The number of nitrogens with zero attached hydrogens (tertiary/aromatic N) is 1. The molecule has 128 valence electrons. The Kier molecular flexibility index (Phi) is 3.82. The molecule has 0 radical (unpaired) electrons. The molecule has 0 atom stereocenters. The minimum atomic E-state index is -0.857. The predicted molar refractivity (Wildman–Crippen MR) is 88.2 cm³/mol. The number of rotatable bonds is 3. The van der Waals surface area contributed by atoms with E-state index >= 15 is 0 Å². The lowest BCUT2D eigenvalue weighted by Gasteiger charge is -2.30. The third-order valence-corrected chi connectivity index (χ3v) is 5.04. The van der Waals surface area contributed by atoms with Crippen molar-refractivity contribution in [2.45, 2.75) is 32.1 Å². The van der Waals surface area contributed by atoms with Gasteiger partial charge in [-0.2, -0.15) is 0 Å². The van der Waals surface area contributed by atoms with E-state index in [1.807, 2.05) is 4.90 Å². The first-order chi connectivity index (χ1) is 11.7. The van der Waals surface area contributed by atoms with Gasteiger partial charge in [0.05, 0.1) is 0 Å². The third kappa shape index (κ3) is 2.70. The van der Waals surface area contributed by atoms with Crippen LogP contribution < -0.4 is 14.8 Å². The SMILES string of the molecule is O=C(Nc1ccc2c(c1)OCCO2)C1(C(=O)N2CCCCC2)CC1. The van der Waals surface area contributed by atoms with Crippen molar-refractivity contribution in [1.29, 1.82) is 0 Å². The van der Waals surface area contributed by atoms with Crippen LogP contribution in [0.2, 0.25) is 0 Å². The molecule has 1 saturated heterocycles. The first-order valence-corrected chi connectivity index (χ1v) is 8.70. The fourth-order valence-electron chi connectivity index (χ4n) is 3.43. The van der Waals surface area contributed by atoms with Gasteiger partial charge in [-0.25, -0.2) is 0 Å². The molecule has 2 aliphatic heterocycles. The molecule has 2 heterocycles. The molecule has 1 N–H and O–H groups in total. The smallest absolute Gasteiger partial charge is 0.240 e. The van der Waals surface area contributed by atoms with Crippen LogP contribution in [0.5, 0.6) is 11.5 Å². The molecule has 6 heteroatoms. The maximum absolute atomic E-state index is 12.8. The van der Waals surface area contributed by atoms with Crippen LogP contribution in [0.1, 0.15) is 32.1 Å². The van der Waals surface area contributed by atoms with Crippen LogP contribution in [0.4, 0.5) is 5.69 Å². The predicted octanol–water partition coefficient (Wildman–Crippen LogP) is 2.19. The van der Waals surface area contributed by atoms with Crippen LogP contribution in [0.15, 0.2) is 18.2 Å². The Morgan fingerprint density at radius 2 is 1.71 bits per heavy atom. The number of carbonyl (C=O) groups is 2. The Balaban J connectivity index is 1.46. The monoisotopic (exact) mass is 330 g/mol. The fraction of sp³-hybridized carbons (Fsp3) is 0.556. The van der Waals surface area contributed by atoms with Gasteiger partial charge in [-0.3, -0.25) is 9.59 Å². The second-order valence-electron chi connectivity index (χ2n) is 6.75. The molecule has 2 fully saturated rings. The van der Waals surface area contributed by atoms with Gasteiger partial charge < -0.3 is 19.7 Å². The summed E-state index contributed by atoms with van der Waals surface area (Å²) in [5, 5.41) is 2.89. The lowest BCUT2D eigenvalue weighted by molar-refractivity contribution is -0.143. The van der Waals surface area contributed by atoms with Crippen molar-refractivity contribution in [2.24, 2.45) is 5.41 Å². The summed E-state index contributed by atoms with van der Waals surface area (Å²) in [5.74, 6) is 1.11. The van der Waals surface area contributed by atoms with Gasteiger partial charge in [-0.1, -0.05) is 0 Å². The highest BCUT2D eigenvalue weighted by molar-refractivity contribution is 6.13. The maximum Gasteiger partial charge on any atom is 0.240 e. The van der Waals surface area contributed by atoms with Crippen LogP contribution >= 0.6 is 0 Å². The molecular weight excluding hydrogens is 308 g/mol. The molecule has 1 saturated carbocycles. The highest BCUT2D eigenvalue weighted by Crippen LogP contribution is 2.48. The third-order valence-electron chi connectivity index (χ3n) is 5.04. The quantitative estimate of drug-likeness (QED) is 0.863. The molecule has 0 aromatic heterocycles. The Labute approximate surface area is 141 Å². The van der Waals surface area contributed by atoms with E-state index in [9.17, 15) is 9.59 Å². The second kappa shape index (κ2) is 6.00. The molecule has 3 aliphatic rings. The topological polar surface area (TPSA) is 67.9 Å². The van der Waals surface area contributed by atoms with Gasteiger partial charge >= 0.3 is 0 Å². The number of anilines is 1. The molecule has 0 unspecified atom stereocenters. The fourth-order valence-corrected chi connectivity index (χ4v) is 3.43. The maximum atomic E-state index is 12.8. The van der Waals surface area contributed by atoms with Gasteiger partial charge in [-0.15, -0.1) is 0 Å². The van der Waals surface area contributed by atoms with E-state index in [0.717, 1.165) is 25.9 Å². The first kappa shape index (κ1) is 15.3. The minimum Gasteiger partial charge on any atom is -0.486 e. The van der Waals surface area contributed by atoms with Gasteiger partial charge in [0.15, 0.2) is 11.5 Å². The molecule has 0 bridgehead atoms. The number of benzene rings is 1. The number of carbonyl (C=O) groups excluding carboxylic acids is 2. The van der Waals surface area contributed by atoms with Gasteiger partial charge in [0.1, 0.15) is 18.6 Å². The number of fused-ring (bicyclic) bond motifs is 1. The number of piperidine rings is 1. The van der Waals surface area contributed by atoms with Crippen molar-refractivity contribution in [3.05, 3.63) is 18.2 Å². The summed E-state index contributed by atoms with van der Waals surface area (Å²) < 4.78 is 11.0. The van der Waals surface area contributed by atoms with Gasteiger partial charge in [0, 0.05) is 24.8 Å². The molecule has 24 heavy (non-hydrogen) atoms. The minimum absolute atomic E-state index is 0.00255. The van der Waals surface area contributed by atoms with E-state index in [1.165, 1.54) is 6.42 Å². The molecule has 1 aliphatic carbocycles. The lowest BCUT2D eigenvalue weighted by Crippen LogP contribution is -2.45. The number of likely N-dealkylation sites (tertiary alicyclic amines) is 1. The summed E-state index contributed by atoms with van der Waals surface area (Å²) in [6.07, 6.45) is 4.51. The van der Waals surface area contributed by atoms with Crippen molar-refractivity contribution < 1.29 is 19.1 Å². The van der Waals surface area contributed by atoms with Crippen LogP contribution in [0.25, 0.3) is 0 Å². The van der Waals surface area contributed by atoms with E-state index in [1.54, 1.807) is 18.2 Å². The van der Waals surface area contributed by atoms with E-state index in [2.05, 4.69) is 5.32 Å². The second-order valence-corrected chi connectivity index (χ2v) is 6.75. The van der Waals surface area contributed by atoms with Crippen molar-refractivity contribution in [1.82, 2.24) is 4.90 Å². The number of nitrogens with one attached hydrogen (secondary N) is 1. The zero-order valence-corrected chi connectivity index (χ0v) is 13.7. The van der Waals surface area contributed by atoms with Crippen LogP contribution in [0.3, 0.4) is 0 Å². The average molecular weight is 330 g/mol. The largest absolute Gasteiger partial charge is 0.486 e. The highest BCUT2D eigenvalue weighted by atomic mass is 16.6. The Bertz CT molecular complexity index is 663. The van der Waals surface area contributed by atoms with Crippen LogP contribution in [-0.2, 0) is 9.59 Å². The summed E-state index contributed by atoms with van der Waals surface area (Å²) in [7, 11) is 0. The molecule has 6 nitrogen and oxygen atoms in total. The van der Waals surface area contributed by atoms with Gasteiger partial charge in [0.25, 0.3) is 0 Å². The molecule has 1 aromatic carbocycles. The molecular formula is C18H22N2O4.